The normalized spacial score (nSPS) is 12.6. The largest absolute Gasteiger partial charge is 0.338 e. The number of urea groups is 1. The Morgan fingerprint density at radius 2 is 1.83 bits per heavy atom. The highest BCUT2D eigenvalue weighted by Gasteiger charge is 2.36. The Morgan fingerprint density at radius 1 is 1.17 bits per heavy atom. The van der Waals surface area contributed by atoms with E-state index in [-0.39, 0.29) is 25.1 Å². The Hall–Kier alpha value is -2.78. The van der Waals surface area contributed by atoms with Crippen molar-refractivity contribution in [1.29, 1.82) is 0 Å². The zero-order valence-corrected chi connectivity index (χ0v) is 17.6. The molecule has 2 rings (SSSR count). The number of benzene rings is 2. The molecule has 2 aromatic rings. The van der Waals surface area contributed by atoms with Gasteiger partial charge in [0.2, 0.25) is 6.41 Å². The van der Waals surface area contributed by atoms with Crippen LogP contribution in [0.15, 0.2) is 53.0 Å². The second-order valence-corrected chi connectivity index (χ2v) is 7.44. The Kier molecular flexibility index (Phi) is 7.86. The summed E-state index contributed by atoms with van der Waals surface area (Å²) < 4.78 is 14.7. The summed E-state index contributed by atoms with van der Waals surface area (Å²) in [5.41, 5.74) is 1.96. The molecule has 9 heteroatoms. The summed E-state index contributed by atoms with van der Waals surface area (Å²) in [4.78, 5) is 36.4. The number of likely N-dealkylation sites (N-methyl/N-ethyl adjacent to an activating group) is 1. The van der Waals surface area contributed by atoms with Crippen LogP contribution in [0.25, 0.3) is 0 Å². The van der Waals surface area contributed by atoms with Crippen LogP contribution in [0.5, 0.6) is 0 Å². The number of carbonyl (C=O) groups excluding carboxylic acids is 3. The molecule has 0 radical (unpaired) electrons. The maximum absolute atomic E-state index is 13.9. The lowest BCUT2D eigenvalue weighted by Crippen LogP contribution is -2.59. The summed E-state index contributed by atoms with van der Waals surface area (Å²) in [5.74, 6) is -1.03. The highest BCUT2D eigenvalue weighted by molar-refractivity contribution is 9.10. The van der Waals surface area contributed by atoms with Gasteiger partial charge in [-0.1, -0.05) is 34.1 Å². The van der Waals surface area contributed by atoms with E-state index in [0.717, 1.165) is 4.47 Å². The molecule has 29 heavy (non-hydrogen) atoms. The molecule has 0 spiro atoms. The molecule has 3 N–H and O–H groups in total. The van der Waals surface area contributed by atoms with Gasteiger partial charge in [0.25, 0.3) is 5.91 Å². The smallest absolute Gasteiger partial charge is 0.307 e. The van der Waals surface area contributed by atoms with Crippen LogP contribution in [-0.4, -0.2) is 35.9 Å². The lowest BCUT2D eigenvalue weighted by atomic mass is 9.92. The van der Waals surface area contributed by atoms with Crippen molar-refractivity contribution in [1.82, 2.24) is 15.8 Å². The van der Waals surface area contributed by atoms with Gasteiger partial charge in [0.05, 0.1) is 5.54 Å². The van der Waals surface area contributed by atoms with Gasteiger partial charge in [0.1, 0.15) is 5.82 Å². The van der Waals surface area contributed by atoms with E-state index in [0.29, 0.717) is 16.3 Å². The Bertz CT molecular complexity index is 878. The van der Waals surface area contributed by atoms with Gasteiger partial charge in [-0.25, -0.2) is 14.6 Å². The first kappa shape index (κ1) is 22.5. The molecule has 0 aromatic heterocycles. The summed E-state index contributed by atoms with van der Waals surface area (Å²) in [7, 11) is 1.56. The van der Waals surface area contributed by atoms with Gasteiger partial charge in [-0.3, -0.25) is 9.59 Å². The van der Waals surface area contributed by atoms with Gasteiger partial charge in [-0.2, -0.15) is 5.01 Å². The molecule has 0 bridgehead atoms. The molecule has 2 aromatic carbocycles. The Morgan fingerprint density at radius 3 is 2.41 bits per heavy atom. The maximum atomic E-state index is 13.9. The molecule has 0 saturated heterocycles. The molecule has 0 heterocycles. The number of hydrogen-bond donors (Lipinski definition) is 3. The summed E-state index contributed by atoms with van der Waals surface area (Å²) in [6, 6.07) is 12.3. The monoisotopic (exact) mass is 464 g/mol. The lowest BCUT2D eigenvalue weighted by Gasteiger charge is -2.31. The lowest BCUT2D eigenvalue weighted by molar-refractivity contribution is -0.145. The maximum Gasteiger partial charge on any atom is 0.338 e. The number of hydrazine groups is 1. The van der Waals surface area contributed by atoms with Crippen molar-refractivity contribution in [3.8, 4) is 0 Å². The molecule has 1 unspecified atom stereocenters. The minimum Gasteiger partial charge on any atom is -0.307 e. The molecule has 7 nitrogen and oxygen atoms in total. The molecular weight excluding hydrogens is 443 g/mol. The molecule has 0 fully saturated rings. The summed E-state index contributed by atoms with van der Waals surface area (Å²) >= 11 is 3.29. The molecule has 154 valence electrons. The van der Waals surface area contributed by atoms with E-state index < -0.39 is 17.5 Å². The van der Waals surface area contributed by atoms with Crippen molar-refractivity contribution in [2.45, 2.75) is 25.3 Å². The molecule has 1 atom stereocenters. The van der Waals surface area contributed by atoms with Gasteiger partial charge in [0, 0.05) is 10.2 Å². The third kappa shape index (κ3) is 6.10. The molecule has 0 aliphatic rings. The first-order chi connectivity index (χ1) is 13.8. The van der Waals surface area contributed by atoms with E-state index in [1.807, 2.05) is 0 Å². The fourth-order valence-electron chi connectivity index (χ4n) is 2.62. The molecule has 0 aliphatic heterocycles. The number of hydrogen-bond acceptors (Lipinski definition) is 4. The van der Waals surface area contributed by atoms with Crippen LogP contribution in [0, 0.1) is 5.82 Å². The van der Waals surface area contributed by atoms with E-state index in [9.17, 15) is 18.8 Å². The minimum absolute atomic E-state index is 0.212. The standard InChI is InChI=1S/C20H22BrFN4O3/c1-20(23-2,12-11-14-5-3-4-6-17(14)22)18(28)26(13-27)25-19(29)24-16-9-7-15(21)8-10-16/h3-10,13,23H,11-12H2,1-2H3,(H2,24,25,29). The number of amides is 4. The summed E-state index contributed by atoms with van der Waals surface area (Å²) in [5, 5.41) is 5.97. The molecule has 0 aliphatic carbocycles. The van der Waals surface area contributed by atoms with Crippen molar-refractivity contribution in [3.63, 3.8) is 0 Å². The fourth-order valence-corrected chi connectivity index (χ4v) is 2.88. The number of imide groups is 1. The SMILES string of the molecule is CNC(C)(CCc1ccccc1F)C(=O)N(C=O)NC(=O)Nc1ccc(Br)cc1. The highest BCUT2D eigenvalue weighted by atomic mass is 79.9. The van der Waals surface area contributed by atoms with Crippen molar-refractivity contribution < 1.29 is 18.8 Å². The predicted molar refractivity (Wildman–Crippen MR) is 111 cm³/mol. The van der Waals surface area contributed by atoms with Crippen LogP contribution in [0.3, 0.4) is 0 Å². The second-order valence-electron chi connectivity index (χ2n) is 6.53. The van der Waals surface area contributed by atoms with Crippen LogP contribution in [0.4, 0.5) is 14.9 Å². The van der Waals surface area contributed by atoms with Crippen LogP contribution < -0.4 is 16.1 Å². The van der Waals surface area contributed by atoms with E-state index in [2.05, 4.69) is 32.0 Å². The zero-order chi connectivity index (χ0) is 21.4. The third-order valence-corrected chi connectivity index (χ3v) is 5.05. The van der Waals surface area contributed by atoms with Crippen LogP contribution in [0.2, 0.25) is 0 Å². The van der Waals surface area contributed by atoms with Gasteiger partial charge in [-0.05, 0) is 62.7 Å². The van der Waals surface area contributed by atoms with E-state index in [4.69, 9.17) is 0 Å². The number of nitrogens with zero attached hydrogens (tertiary/aromatic N) is 1. The first-order valence-electron chi connectivity index (χ1n) is 8.83. The molecule has 4 amide bonds. The van der Waals surface area contributed by atoms with Crippen LogP contribution in [-0.2, 0) is 16.0 Å². The highest BCUT2D eigenvalue weighted by Crippen LogP contribution is 2.18. The number of aryl methyl sites for hydroxylation is 1. The zero-order valence-electron chi connectivity index (χ0n) is 16.0. The van der Waals surface area contributed by atoms with Crippen LogP contribution >= 0.6 is 15.9 Å². The van der Waals surface area contributed by atoms with Crippen molar-refractivity contribution >= 4 is 40.0 Å². The fraction of sp³-hybridized carbons (Fsp3) is 0.250. The van der Waals surface area contributed by atoms with Gasteiger partial charge < -0.3 is 10.6 Å². The van der Waals surface area contributed by atoms with E-state index in [1.54, 1.807) is 56.4 Å². The second kappa shape index (κ2) is 10.1. The van der Waals surface area contributed by atoms with Crippen LogP contribution in [0.1, 0.15) is 18.9 Å². The number of anilines is 1. The number of rotatable bonds is 7. The average molecular weight is 465 g/mol. The van der Waals surface area contributed by atoms with Crippen molar-refractivity contribution in [2.75, 3.05) is 12.4 Å². The third-order valence-electron chi connectivity index (χ3n) is 4.52. The summed E-state index contributed by atoms with van der Waals surface area (Å²) in [6.07, 6.45) is 0.708. The van der Waals surface area contributed by atoms with Crippen molar-refractivity contribution in [2.24, 2.45) is 0 Å². The average Bonchev–Trinajstić information content (AvgIpc) is 2.72. The molecule has 0 saturated carbocycles. The molecular formula is C20H22BrFN4O3. The minimum atomic E-state index is -1.20. The number of halogens is 2. The van der Waals surface area contributed by atoms with Gasteiger partial charge >= 0.3 is 6.03 Å². The Balaban J connectivity index is 2.04. The Labute approximate surface area is 176 Å². The van der Waals surface area contributed by atoms with E-state index >= 15 is 0 Å². The van der Waals surface area contributed by atoms with Gasteiger partial charge in [0.15, 0.2) is 0 Å². The predicted octanol–water partition coefficient (Wildman–Crippen LogP) is 3.22. The van der Waals surface area contributed by atoms with E-state index in [1.165, 1.54) is 6.07 Å². The number of carbonyl (C=O) groups is 3. The van der Waals surface area contributed by atoms with Gasteiger partial charge in [-0.15, -0.1) is 0 Å². The topological polar surface area (TPSA) is 90.5 Å². The number of nitrogens with one attached hydrogen (secondary N) is 3. The van der Waals surface area contributed by atoms with Crippen molar-refractivity contribution in [3.05, 3.63) is 64.4 Å². The first-order valence-corrected chi connectivity index (χ1v) is 9.63. The quantitative estimate of drug-likeness (QED) is 0.433. The summed E-state index contributed by atoms with van der Waals surface area (Å²) in [6.45, 7) is 1.58.